The van der Waals surface area contributed by atoms with Crippen LogP contribution in [0.3, 0.4) is 0 Å². The fraction of sp³-hybridized carbons (Fsp3) is 0.644. The van der Waals surface area contributed by atoms with Gasteiger partial charge < -0.3 is 10.8 Å². The summed E-state index contributed by atoms with van der Waals surface area (Å²) in [6.07, 6.45) is 46.1. The van der Waals surface area contributed by atoms with Gasteiger partial charge in [-0.2, -0.15) is 0 Å². The van der Waals surface area contributed by atoms with Gasteiger partial charge in [0.15, 0.2) is 0 Å². The summed E-state index contributed by atoms with van der Waals surface area (Å²) in [6.45, 7) is 4.54. The van der Waals surface area contributed by atoms with E-state index in [1.165, 1.54) is 167 Å². The predicted molar refractivity (Wildman–Crippen MR) is 300 cm³/mol. The zero-order chi connectivity index (χ0) is 50.3. The zero-order valence-electron chi connectivity index (χ0n) is 43.3. The van der Waals surface area contributed by atoms with E-state index < -0.39 is 26.6 Å². The zero-order valence-corrected chi connectivity index (χ0v) is 45.6. The van der Waals surface area contributed by atoms with Gasteiger partial charge in [0, 0.05) is 16.1 Å². The van der Waals surface area contributed by atoms with E-state index in [4.69, 9.17) is 28.9 Å². The molecule has 0 spiro atoms. The summed E-state index contributed by atoms with van der Waals surface area (Å²) in [5, 5.41) is 21.6. The summed E-state index contributed by atoms with van der Waals surface area (Å²) in [5.74, 6) is -1.78. The number of amides is 1. The van der Waals surface area contributed by atoms with Crippen molar-refractivity contribution in [3.05, 3.63) is 82.4 Å². The van der Waals surface area contributed by atoms with Crippen molar-refractivity contribution in [3.8, 4) is 5.75 Å². The molecule has 3 aromatic rings. The highest BCUT2D eigenvalue weighted by Gasteiger charge is 2.52. The second-order valence-corrected chi connectivity index (χ2v) is 23.1. The van der Waals surface area contributed by atoms with E-state index in [0.717, 1.165) is 44.1 Å². The van der Waals surface area contributed by atoms with Crippen LogP contribution in [0.1, 0.15) is 232 Å². The van der Waals surface area contributed by atoms with E-state index in [9.17, 15) is 9.90 Å². The van der Waals surface area contributed by atoms with Crippen LogP contribution in [0, 0.1) is 5.92 Å². The largest absolute Gasteiger partial charge is 0.506 e. The number of nitrogens with zero attached hydrogens (tertiary/aromatic N) is 2. The molecular formula is C59H90Cl2N4O4S. The van der Waals surface area contributed by atoms with Crippen molar-refractivity contribution < 1.29 is 18.3 Å². The number of phenolic OH excluding ortho intramolecular Hbond substituents is 1. The minimum atomic E-state index is -4.29. The monoisotopic (exact) mass is 1020 g/mol. The Hall–Kier alpha value is -3.40. The third-order valence-corrected chi connectivity index (χ3v) is 17.1. The van der Waals surface area contributed by atoms with Gasteiger partial charge in [-0.1, -0.05) is 272 Å². The second kappa shape index (κ2) is 34.1. The van der Waals surface area contributed by atoms with Crippen molar-refractivity contribution in [1.82, 2.24) is 0 Å². The van der Waals surface area contributed by atoms with Crippen LogP contribution in [0.15, 0.2) is 82.6 Å². The maximum atomic E-state index is 15.1. The molecule has 0 bridgehead atoms. The molecule has 0 saturated carbocycles. The van der Waals surface area contributed by atoms with Crippen LogP contribution in [-0.2, 0) is 14.8 Å². The van der Waals surface area contributed by atoms with Gasteiger partial charge in [0.05, 0.1) is 10.9 Å². The summed E-state index contributed by atoms with van der Waals surface area (Å²) >= 11 is 12.5. The number of nitrogens with two attached hydrogens (primary N) is 1. The molecule has 0 fully saturated rings. The number of fused-ring (bicyclic) bond motifs is 1. The average Bonchev–Trinajstić information content (AvgIpc) is 3.34. The SMILES string of the molecule is CCCCCCCCCCCCCCCCCCC1=CC=CC(CCCCCCCCCCCCCCCCCC)(S(=O)(=O)Nc2ccc3ccc(O)c(N=Nc4cc(Cl)ccc4Cl)c3c2)C1C(N)=O. The Kier molecular flexibility index (Phi) is 28.8. The van der Waals surface area contributed by atoms with Crippen LogP contribution >= 0.6 is 23.2 Å². The highest BCUT2D eigenvalue weighted by atomic mass is 35.5. The molecule has 1 aliphatic rings. The molecule has 0 aliphatic heterocycles. The number of anilines is 1. The van der Waals surface area contributed by atoms with Gasteiger partial charge in [0.2, 0.25) is 15.9 Å². The van der Waals surface area contributed by atoms with E-state index in [-0.39, 0.29) is 23.5 Å². The minimum Gasteiger partial charge on any atom is -0.506 e. The molecule has 1 aliphatic carbocycles. The molecule has 3 aromatic carbocycles. The second-order valence-electron chi connectivity index (χ2n) is 20.3. The number of hydrogen-bond acceptors (Lipinski definition) is 6. The van der Waals surface area contributed by atoms with Crippen molar-refractivity contribution in [1.29, 1.82) is 0 Å². The van der Waals surface area contributed by atoms with E-state index in [0.29, 0.717) is 39.3 Å². The van der Waals surface area contributed by atoms with Crippen LogP contribution in [-0.4, -0.2) is 24.2 Å². The normalized spacial score (nSPS) is 16.1. The Morgan fingerprint density at radius 3 is 1.60 bits per heavy atom. The molecule has 1 amide bonds. The van der Waals surface area contributed by atoms with Crippen LogP contribution in [0.2, 0.25) is 10.0 Å². The van der Waals surface area contributed by atoms with Crippen LogP contribution in [0.25, 0.3) is 10.8 Å². The number of aromatic hydroxyl groups is 1. The quantitative estimate of drug-likeness (QED) is 0.0386. The molecule has 4 N–H and O–H groups in total. The molecule has 2 unspecified atom stereocenters. The van der Waals surface area contributed by atoms with Gasteiger partial charge in [-0.15, -0.1) is 10.2 Å². The van der Waals surface area contributed by atoms with Crippen molar-refractivity contribution in [2.45, 2.75) is 237 Å². The molecule has 8 nitrogen and oxygen atoms in total. The van der Waals surface area contributed by atoms with Gasteiger partial charge in [0.1, 0.15) is 21.9 Å². The number of benzene rings is 3. The number of nitrogens with one attached hydrogen (secondary N) is 1. The standard InChI is InChI=1S/C59H90Cl2N4O4S/c1-3-5-7-9-11-13-15-17-19-21-23-25-27-29-31-33-36-49-37-35-45-59(56(49)58(62)67,44-34-32-30-28-26-24-22-20-18-16-14-12-10-8-6-4-2)70(68,69)65-51-41-38-48-39-43-55(66)57(52(48)47-51)64-63-54-46-50(60)40-42-53(54)61/h35,37-43,45-47,56,65-66H,3-34,36,44H2,1-2H3,(H2,62,67). The lowest BCUT2D eigenvalue weighted by Crippen LogP contribution is -2.53. The third kappa shape index (κ3) is 20.6. The van der Waals surface area contributed by atoms with Crippen LogP contribution < -0.4 is 10.5 Å². The first kappa shape index (κ1) is 59.2. The maximum Gasteiger partial charge on any atom is 0.243 e. The third-order valence-electron chi connectivity index (χ3n) is 14.5. The Morgan fingerprint density at radius 2 is 1.10 bits per heavy atom. The smallest absolute Gasteiger partial charge is 0.243 e. The molecule has 4 rings (SSSR count). The van der Waals surface area contributed by atoms with E-state index >= 15 is 8.42 Å². The molecule has 0 aromatic heterocycles. The fourth-order valence-corrected chi connectivity index (χ4v) is 12.5. The number of phenols is 1. The van der Waals surface area contributed by atoms with Gasteiger partial charge in [-0.05, 0) is 61.0 Å². The molecule has 390 valence electrons. The molecule has 70 heavy (non-hydrogen) atoms. The fourth-order valence-electron chi connectivity index (χ4n) is 10.3. The van der Waals surface area contributed by atoms with Crippen molar-refractivity contribution in [2.75, 3.05) is 4.72 Å². The highest BCUT2D eigenvalue weighted by molar-refractivity contribution is 7.94. The number of hydrogen-bond donors (Lipinski definition) is 3. The number of unbranched alkanes of at least 4 members (excludes halogenated alkanes) is 30. The summed E-state index contributed by atoms with van der Waals surface area (Å²) < 4.78 is 31.5. The highest BCUT2D eigenvalue weighted by Crippen LogP contribution is 2.45. The number of carbonyl (C=O) groups excluding carboxylic acids is 1. The number of sulfonamides is 1. The molecule has 11 heteroatoms. The molecule has 2 atom stereocenters. The first-order chi connectivity index (χ1) is 34.0. The van der Waals surface area contributed by atoms with Gasteiger partial charge in [-0.3, -0.25) is 9.52 Å². The van der Waals surface area contributed by atoms with Gasteiger partial charge in [0.25, 0.3) is 0 Å². The maximum absolute atomic E-state index is 15.1. The van der Waals surface area contributed by atoms with Crippen molar-refractivity contribution in [3.63, 3.8) is 0 Å². The first-order valence-corrected chi connectivity index (χ1v) is 30.1. The number of carbonyl (C=O) groups is 1. The lowest BCUT2D eigenvalue weighted by atomic mass is 9.76. The van der Waals surface area contributed by atoms with Crippen molar-refractivity contribution in [2.24, 2.45) is 21.9 Å². The first-order valence-electron chi connectivity index (χ1n) is 27.9. The number of allylic oxidation sites excluding steroid dienone is 2. The number of azo groups is 1. The lowest BCUT2D eigenvalue weighted by Gasteiger charge is -2.39. The van der Waals surface area contributed by atoms with Crippen molar-refractivity contribution >= 4 is 67.0 Å². The van der Waals surface area contributed by atoms with Crippen LogP contribution in [0.5, 0.6) is 5.75 Å². The molecule has 0 heterocycles. The summed E-state index contributed by atoms with van der Waals surface area (Å²) in [7, 11) is -4.29. The lowest BCUT2D eigenvalue weighted by molar-refractivity contribution is -0.121. The average molecular weight is 1020 g/mol. The number of primary amides is 1. The molecular weight excluding hydrogens is 932 g/mol. The Morgan fingerprint density at radius 1 is 0.629 bits per heavy atom. The van der Waals surface area contributed by atoms with Gasteiger partial charge >= 0.3 is 0 Å². The summed E-state index contributed by atoms with van der Waals surface area (Å²) in [5.41, 5.74) is 7.81. The summed E-state index contributed by atoms with van der Waals surface area (Å²) in [6, 6.07) is 13.2. The van der Waals surface area contributed by atoms with E-state index in [2.05, 4.69) is 28.8 Å². The Labute approximate surface area is 434 Å². The number of rotatable bonds is 40. The Balaban J connectivity index is 1.39. The minimum absolute atomic E-state index is 0.137. The Bertz CT molecular complexity index is 2180. The van der Waals surface area contributed by atoms with E-state index in [1.54, 1.807) is 48.5 Å². The molecule has 0 saturated heterocycles. The van der Waals surface area contributed by atoms with E-state index in [1.807, 2.05) is 12.2 Å². The molecule has 0 radical (unpaired) electrons. The van der Waals surface area contributed by atoms with Crippen LogP contribution in [0.4, 0.5) is 17.1 Å². The predicted octanol–water partition coefficient (Wildman–Crippen LogP) is 19.6. The number of halogens is 2. The summed E-state index contributed by atoms with van der Waals surface area (Å²) in [4.78, 5) is 13.7. The van der Waals surface area contributed by atoms with Gasteiger partial charge in [-0.25, -0.2) is 8.42 Å². The topological polar surface area (TPSA) is 134 Å².